The fourth-order valence-corrected chi connectivity index (χ4v) is 2.48. The maximum Gasteiger partial charge on any atom is 0.0471 e. The van der Waals surface area contributed by atoms with Gasteiger partial charge in [0.15, 0.2) is 0 Å². The maximum absolute atomic E-state index is 5.96. The number of hydrogen-bond donors (Lipinski definition) is 2. The summed E-state index contributed by atoms with van der Waals surface area (Å²) in [5.41, 5.74) is 8.52. The third kappa shape index (κ3) is 3.02. The summed E-state index contributed by atoms with van der Waals surface area (Å²) < 4.78 is 0. The van der Waals surface area contributed by atoms with Gasteiger partial charge >= 0.3 is 0 Å². The molecule has 4 nitrogen and oxygen atoms in total. The molecule has 0 amide bonds. The van der Waals surface area contributed by atoms with Gasteiger partial charge in [-0.25, -0.2) is 0 Å². The number of nitrogens with one attached hydrogen (secondary N) is 1. The summed E-state index contributed by atoms with van der Waals surface area (Å²) >= 11 is 0. The van der Waals surface area contributed by atoms with Gasteiger partial charge in [0, 0.05) is 58.5 Å². The van der Waals surface area contributed by atoms with E-state index in [4.69, 9.17) is 5.73 Å². The quantitative estimate of drug-likeness (QED) is 0.821. The van der Waals surface area contributed by atoms with Gasteiger partial charge in [0.05, 0.1) is 0 Å². The molecule has 1 aromatic carbocycles. The van der Waals surface area contributed by atoms with E-state index >= 15 is 0 Å². The van der Waals surface area contributed by atoms with Crippen LogP contribution in [0, 0.1) is 0 Å². The molecule has 1 heterocycles. The molecule has 1 unspecified atom stereocenters. The van der Waals surface area contributed by atoms with Crippen LogP contribution in [0.4, 0.5) is 5.69 Å². The highest BCUT2D eigenvalue weighted by molar-refractivity contribution is 5.46. The predicted octanol–water partition coefficient (Wildman–Crippen LogP) is 0.658. The van der Waals surface area contributed by atoms with Crippen molar-refractivity contribution in [1.82, 2.24) is 10.2 Å². The first-order valence-corrected chi connectivity index (χ1v) is 6.64. The summed E-state index contributed by atoms with van der Waals surface area (Å²) in [6, 6.07) is 9.09. The average molecular weight is 248 g/mol. The Balaban J connectivity index is 2.11. The van der Waals surface area contributed by atoms with Crippen molar-refractivity contribution in [3.63, 3.8) is 0 Å². The molecule has 0 bridgehead atoms. The normalized spacial score (nSPS) is 18.6. The Morgan fingerprint density at radius 1 is 1.22 bits per heavy atom. The van der Waals surface area contributed by atoms with Crippen molar-refractivity contribution in [1.29, 1.82) is 0 Å². The number of benzene rings is 1. The lowest BCUT2D eigenvalue weighted by Crippen LogP contribution is -2.46. The van der Waals surface area contributed by atoms with E-state index in [2.05, 4.69) is 53.5 Å². The molecule has 1 aliphatic rings. The SMILES string of the molecule is CN(C)c1ccc(C(CN)N2CCNCC2)cc1. The van der Waals surface area contributed by atoms with Gasteiger partial charge in [-0.05, 0) is 17.7 Å². The summed E-state index contributed by atoms with van der Waals surface area (Å²) in [5.74, 6) is 0. The van der Waals surface area contributed by atoms with Crippen molar-refractivity contribution in [2.24, 2.45) is 5.73 Å². The van der Waals surface area contributed by atoms with E-state index in [0.29, 0.717) is 12.6 Å². The lowest BCUT2D eigenvalue weighted by molar-refractivity contribution is 0.178. The molecule has 0 aromatic heterocycles. The third-order valence-corrected chi connectivity index (χ3v) is 3.61. The van der Waals surface area contributed by atoms with Gasteiger partial charge in [0.1, 0.15) is 0 Å². The van der Waals surface area contributed by atoms with Gasteiger partial charge in [-0.1, -0.05) is 12.1 Å². The van der Waals surface area contributed by atoms with Crippen LogP contribution in [0.3, 0.4) is 0 Å². The van der Waals surface area contributed by atoms with E-state index in [1.54, 1.807) is 0 Å². The first-order chi connectivity index (χ1) is 8.72. The van der Waals surface area contributed by atoms with Crippen LogP contribution in [-0.2, 0) is 0 Å². The predicted molar refractivity (Wildman–Crippen MR) is 77.0 cm³/mol. The monoisotopic (exact) mass is 248 g/mol. The van der Waals surface area contributed by atoms with Crippen LogP contribution in [0.5, 0.6) is 0 Å². The summed E-state index contributed by atoms with van der Waals surface area (Å²) in [6.45, 7) is 4.97. The Labute approximate surface area is 110 Å². The number of anilines is 1. The number of piperazine rings is 1. The molecule has 1 atom stereocenters. The number of nitrogens with zero attached hydrogens (tertiary/aromatic N) is 2. The number of hydrogen-bond acceptors (Lipinski definition) is 4. The molecule has 0 radical (unpaired) electrons. The van der Waals surface area contributed by atoms with Crippen molar-refractivity contribution in [2.75, 3.05) is 51.7 Å². The van der Waals surface area contributed by atoms with Crippen LogP contribution < -0.4 is 16.0 Å². The zero-order valence-electron chi connectivity index (χ0n) is 11.4. The van der Waals surface area contributed by atoms with E-state index in [0.717, 1.165) is 26.2 Å². The molecule has 100 valence electrons. The van der Waals surface area contributed by atoms with Crippen LogP contribution in [0.2, 0.25) is 0 Å². The Morgan fingerprint density at radius 2 is 1.83 bits per heavy atom. The topological polar surface area (TPSA) is 44.5 Å². The third-order valence-electron chi connectivity index (χ3n) is 3.61. The molecule has 0 saturated carbocycles. The van der Waals surface area contributed by atoms with Crippen LogP contribution in [0.25, 0.3) is 0 Å². The highest BCUT2D eigenvalue weighted by Crippen LogP contribution is 2.22. The second-order valence-corrected chi connectivity index (χ2v) is 5.02. The largest absolute Gasteiger partial charge is 0.378 e. The Bertz CT molecular complexity index is 355. The van der Waals surface area contributed by atoms with Crippen molar-refractivity contribution in [2.45, 2.75) is 6.04 Å². The second-order valence-electron chi connectivity index (χ2n) is 5.02. The molecular formula is C14H24N4. The molecule has 3 N–H and O–H groups in total. The van der Waals surface area contributed by atoms with Gasteiger partial charge in [-0.15, -0.1) is 0 Å². The Kier molecular flexibility index (Phi) is 4.58. The van der Waals surface area contributed by atoms with Crippen LogP contribution in [0.15, 0.2) is 24.3 Å². The standard InChI is InChI=1S/C14H24N4/c1-17(2)13-5-3-12(4-6-13)14(11-15)18-9-7-16-8-10-18/h3-6,14,16H,7-11,15H2,1-2H3. The lowest BCUT2D eigenvalue weighted by Gasteiger charge is -2.34. The number of rotatable bonds is 4. The van der Waals surface area contributed by atoms with Crippen molar-refractivity contribution in [3.05, 3.63) is 29.8 Å². The minimum absolute atomic E-state index is 0.350. The zero-order valence-corrected chi connectivity index (χ0v) is 11.4. The average Bonchev–Trinajstić information content (AvgIpc) is 2.41. The Hall–Kier alpha value is -1.10. The van der Waals surface area contributed by atoms with Gasteiger partial charge in [0.25, 0.3) is 0 Å². The molecule has 4 heteroatoms. The maximum atomic E-state index is 5.96. The van der Waals surface area contributed by atoms with Gasteiger partial charge in [-0.3, -0.25) is 4.90 Å². The molecule has 1 fully saturated rings. The summed E-state index contributed by atoms with van der Waals surface area (Å²) in [4.78, 5) is 4.59. The number of nitrogens with two attached hydrogens (primary N) is 1. The molecule has 18 heavy (non-hydrogen) atoms. The highest BCUT2D eigenvalue weighted by atomic mass is 15.2. The van der Waals surface area contributed by atoms with E-state index < -0.39 is 0 Å². The zero-order chi connectivity index (χ0) is 13.0. The van der Waals surface area contributed by atoms with Crippen molar-refractivity contribution < 1.29 is 0 Å². The first kappa shape index (κ1) is 13.3. The van der Waals surface area contributed by atoms with E-state index in [-0.39, 0.29) is 0 Å². The van der Waals surface area contributed by atoms with E-state index in [1.165, 1.54) is 11.3 Å². The van der Waals surface area contributed by atoms with E-state index in [9.17, 15) is 0 Å². The summed E-state index contributed by atoms with van der Waals surface area (Å²) in [5, 5.41) is 3.38. The Morgan fingerprint density at radius 3 is 2.33 bits per heavy atom. The minimum atomic E-state index is 0.350. The minimum Gasteiger partial charge on any atom is -0.378 e. The molecule has 0 spiro atoms. The van der Waals surface area contributed by atoms with Crippen molar-refractivity contribution in [3.8, 4) is 0 Å². The molecule has 1 saturated heterocycles. The van der Waals surface area contributed by atoms with Gasteiger partial charge in [0.2, 0.25) is 0 Å². The lowest BCUT2D eigenvalue weighted by atomic mass is 10.0. The first-order valence-electron chi connectivity index (χ1n) is 6.64. The molecular weight excluding hydrogens is 224 g/mol. The summed E-state index contributed by atoms with van der Waals surface area (Å²) in [7, 11) is 4.12. The van der Waals surface area contributed by atoms with Crippen LogP contribution >= 0.6 is 0 Å². The van der Waals surface area contributed by atoms with Crippen molar-refractivity contribution >= 4 is 5.69 Å². The molecule has 0 aliphatic carbocycles. The fraction of sp³-hybridized carbons (Fsp3) is 0.571. The molecule has 2 rings (SSSR count). The van der Waals surface area contributed by atoms with Gasteiger partial charge < -0.3 is 16.0 Å². The fourth-order valence-electron chi connectivity index (χ4n) is 2.48. The summed E-state index contributed by atoms with van der Waals surface area (Å²) in [6.07, 6.45) is 0. The van der Waals surface area contributed by atoms with Crippen LogP contribution in [-0.4, -0.2) is 51.7 Å². The van der Waals surface area contributed by atoms with E-state index in [1.807, 2.05) is 0 Å². The smallest absolute Gasteiger partial charge is 0.0471 e. The molecule has 1 aromatic rings. The van der Waals surface area contributed by atoms with Crippen LogP contribution in [0.1, 0.15) is 11.6 Å². The van der Waals surface area contributed by atoms with Gasteiger partial charge in [-0.2, -0.15) is 0 Å². The highest BCUT2D eigenvalue weighted by Gasteiger charge is 2.20. The molecule has 1 aliphatic heterocycles. The second kappa shape index (κ2) is 6.18.